The van der Waals surface area contributed by atoms with Crippen LogP contribution in [0.2, 0.25) is 5.15 Å². The van der Waals surface area contributed by atoms with Crippen molar-refractivity contribution in [1.82, 2.24) is 14.5 Å². The fourth-order valence-corrected chi connectivity index (χ4v) is 3.82. The Morgan fingerprint density at radius 3 is 2.73 bits per heavy atom. The van der Waals surface area contributed by atoms with Gasteiger partial charge in [0.1, 0.15) is 22.6 Å². The Kier molecular flexibility index (Phi) is 3.59. The van der Waals surface area contributed by atoms with Crippen molar-refractivity contribution in [2.75, 3.05) is 6.54 Å². The van der Waals surface area contributed by atoms with Crippen molar-refractivity contribution in [3.05, 3.63) is 23.2 Å². The van der Waals surface area contributed by atoms with E-state index in [9.17, 15) is 0 Å². The monoisotopic (exact) mass is 320 g/mol. The molecule has 0 aromatic carbocycles. The molecule has 22 heavy (non-hydrogen) atoms. The van der Waals surface area contributed by atoms with Crippen molar-refractivity contribution >= 4 is 22.6 Å². The summed E-state index contributed by atoms with van der Waals surface area (Å²) < 4.78 is 8.03. The van der Waals surface area contributed by atoms with Gasteiger partial charge in [-0.25, -0.2) is 9.97 Å². The number of hydrogen-bond donors (Lipinski definition) is 1. The van der Waals surface area contributed by atoms with Gasteiger partial charge in [-0.3, -0.25) is 0 Å². The number of hydrogen-bond acceptors (Lipinski definition) is 4. The number of imidazole rings is 1. The van der Waals surface area contributed by atoms with Gasteiger partial charge in [0.15, 0.2) is 0 Å². The third kappa shape index (κ3) is 2.41. The summed E-state index contributed by atoms with van der Waals surface area (Å²) in [6.45, 7) is 2.88. The van der Waals surface area contributed by atoms with Crippen LogP contribution >= 0.6 is 11.6 Å². The lowest BCUT2D eigenvalue weighted by Crippen LogP contribution is -2.24. The van der Waals surface area contributed by atoms with Crippen molar-refractivity contribution in [2.24, 2.45) is 11.7 Å². The lowest BCUT2D eigenvalue weighted by Gasteiger charge is -2.30. The molecule has 2 aromatic heterocycles. The number of nitrogens with two attached hydrogens (primary N) is 1. The molecule has 3 heterocycles. The van der Waals surface area contributed by atoms with E-state index in [1.54, 1.807) is 6.20 Å². The zero-order chi connectivity index (χ0) is 15.3. The summed E-state index contributed by atoms with van der Waals surface area (Å²) in [5.74, 6) is 1.69. The van der Waals surface area contributed by atoms with Crippen LogP contribution in [0, 0.1) is 5.92 Å². The first kappa shape index (κ1) is 14.4. The molecule has 0 amide bonds. The molecular formula is C16H21ClN4O. The van der Waals surface area contributed by atoms with E-state index in [1.165, 1.54) is 12.8 Å². The quantitative estimate of drug-likeness (QED) is 0.696. The van der Waals surface area contributed by atoms with Gasteiger partial charge in [0.25, 0.3) is 0 Å². The normalized spacial score (nSPS) is 31.6. The van der Waals surface area contributed by atoms with E-state index >= 15 is 0 Å². The summed E-state index contributed by atoms with van der Waals surface area (Å²) in [6, 6.07) is 2.38. The molecule has 4 rings (SSSR count). The van der Waals surface area contributed by atoms with Crippen molar-refractivity contribution in [3.63, 3.8) is 0 Å². The summed E-state index contributed by atoms with van der Waals surface area (Å²) >= 11 is 6.11. The number of pyridine rings is 1. The topological polar surface area (TPSA) is 69.3 Å². The maximum atomic E-state index is 6.11. The molecule has 2 aliphatic rings. The summed E-state index contributed by atoms with van der Waals surface area (Å²) in [7, 11) is 0. The molecule has 6 heteroatoms. The lowest BCUT2D eigenvalue weighted by molar-refractivity contribution is 0.274. The molecule has 0 radical (unpaired) electrons. The largest absolute Gasteiger partial charge is 0.361 e. The van der Waals surface area contributed by atoms with Crippen molar-refractivity contribution in [3.8, 4) is 0 Å². The van der Waals surface area contributed by atoms with Crippen LogP contribution in [0.25, 0.3) is 11.0 Å². The van der Waals surface area contributed by atoms with E-state index in [2.05, 4.69) is 16.5 Å². The zero-order valence-corrected chi connectivity index (χ0v) is 13.5. The number of fused-ring (bicyclic) bond motifs is 1. The summed E-state index contributed by atoms with van der Waals surface area (Å²) in [5, 5.41) is 0.514. The van der Waals surface area contributed by atoms with Gasteiger partial charge >= 0.3 is 0 Å². The molecule has 2 fully saturated rings. The van der Waals surface area contributed by atoms with Crippen LogP contribution in [0.3, 0.4) is 0 Å². The second kappa shape index (κ2) is 5.48. The fraction of sp³-hybridized carbons (Fsp3) is 0.625. The maximum Gasteiger partial charge on any atom is 0.142 e. The lowest BCUT2D eigenvalue weighted by atomic mass is 9.86. The molecule has 1 aliphatic heterocycles. The molecule has 5 nitrogen and oxygen atoms in total. The second-order valence-electron chi connectivity index (χ2n) is 6.51. The third-order valence-electron chi connectivity index (χ3n) is 5.05. The first-order valence-corrected chi connectivity index (χ1v) is 8.44. The van der Waals surface area contributed by atoms with Crippen LogP contribution < -0.4 is 5.73 Å². The summed E-state index contributed by atoms with van der Waals surface area (Å²) in [6.07, 6.45) is 6.76. The minimum Gasteiger partial charge on any atom is -0.361 e. The van der Waals surface area contributed by atoms with Gasteiger partial charge in [-0.2, -0.15) is 0 Å². The molecule has 1 aliphatic carbocycles. The summed E-state index contributed by atoms with van der Waals surface area (Å²) in [4.78, 5) is 8.94. The van der Waals surface area contributed by atoms with Crippen LogP contribution in [0.4, 0.5) is 0 Å². The van der Waals surface area contributed by atoms with Gasteiger partial charge in [-0.1, -0.05) is 11.6 Å². The van der Waals surface area contributed by atoms with Gasteiger partial charge in [0, 0.05) is 12.1 Å². The fourth-order valence-electron chi connectivity index (χ4n) is 3.67. The standard InChI is InChI=1S/C16H21ClN4O/c1-9-15(22-9)16-20-12-8-19-14(17)6-13(12)21(16)11-4-2-10(7-18)3-5-11/h6,8-11,15H,2-5,7,18H2,1H3/t9?,10-,11-,15?. The number of ether oxygens (including phenoxy) is 1. The predicted octanol–water partition coefficient (Wildman–Crippen LogP) is 3.23. The van der Waals surface area contributed by atoms with E-state index in [-0.39, 0.29) is 12.2 Å². The molecule has 1 saturated heterocycles. The van der Waals surface area contributed by atoms with E-state index < -0.39 is 0 Å². The number of halogens is 1. The van der Waals surface area contributed by atoms with Gasteiger partial charge in [-0.15, -0.1) is 0 Å². The smallest absolute Gasteiger partial charge is 0.142 e. The maximum absolute atomic E-state index is 6.11. The van der Waals surface area contributed by atoms with E-state index in [0.717, 1.165) is 36.2 Å². The third-order valence-corrected chi connectivity index (χ3v) is 5.26. The number of nitrogens with zero attached hydrogens (tertiary/aromatic N) is 3. The number of epoxide rings is 1. The first-order chi connectivity index (χ1) is 10.7. The number of rotatable bonds is 3. The Hall–Kier alpha value is -1.17. The molecule has 2 atom stereocenters. The van der Waals surface area contributed by atoms with E-state index in [0.29, 0.717) is 17.1 Å². The Labute approximate surface area is 134 Å². The molecule has 0 spiro atoms. The second-order valence-corrected chi connectivity index (χ2v) is 6.90. The summed E-state index contributed by atoms with van der Waals surface area (Å²) in [5.41, 5.74) is 7.80. The Balaban J connectivity index is 1.75. The van der Waals surface area contributed by atoms with Crippen LogP contribution in [-0.2, 0) is 4.74 Å². The highest BCUT2D eigenvalue weighted by atomic mass is 35.5. The first-order valence-electron chi connectivity index (χ1n) is 8.06. The van der Waals surface area contributed by atoms with Crippen molar-refractivity contribution in [2.45, 2.75) is 50.9 Å². The SMILES string of the molecule is CC1OC1c1nc2cnc(Cl)cc2n1[C@H]1CC[C@H](CN)CC1. The average molecular weight is 321 g/mol. The van der Waals surface area contributed by atoms with Gasteiger partial charge in [0.2, 0.25) is 0 Å². The molecule has 2 aromatic rings. The van der Waals surface area contributed by atoms with Gasteiger partial charge in [0.05, 0.1) is 17.8 Å². The van der Waals surface area contributed by atoms with Crippen LogP contribution in [-0.4, -0.2) is 27.2 Å². The average Bonchev–Trinajstić information content (AvgIpc) is 3.14. The van der Waals surface area contributed by atoms with Gasteiger partial charge in [-0.05, 0) is 45.1 Å². The highest BCUT2D eigenvalue weighted by Gasteiger charge is 2.41. The molecule has 118 valence electrons. The van der Waals surface area contributed by atoms with Crippen molar-refractivity contribution in [1.29, 1.82) is 0 Å². The van der Waals surface area contributed by atoms with E-state index in [4.69, 9.17) is 27.1 Å². The van der Waals surface area contributed by atoms with E-state index in [1.807, 2.05) is 6.07 Å². The van der Waals surface area contributed by atoms with Crippen molar-refractivity contribution < 1.29 is 4.74 Å². The molecular weight excluding hydrogens is 300 g/mol. The van der Waals surface area contributed by atoms with Crippen LogP contribution in [0.1, 0.15) is 50.6 Å². The Bertz CT molecular complexity index is 693. The minimum atomic E-state index is 0.110. The van der Waals surface area contributed by atoms with Crippen LogP contribution in [0.15, 0.2) is 12.3 Å². The molecule has 2 N–H and O–H groups in total. The predicted molar refractivity (Wildman–Crippen MR) is 85.9 cm³/mol. The van der Waals surface area contributed by atoms with Crippen LogP contribution in [0.5, 0.6) is 0 Å². The molecule has 0 bridgehead atoms. The zero-order valence-electron chi connectivity index (χ0n) is 12.7. The molecule has 2 unspecified atom stereocenters. The minimum absolute atomic E-state index is 0.110. The Morgan fingerprint density at radius 2 is 2.09 bits per heavy atom. The number of aromatic nitrogens is 3. The Morgan fingerprint density at radius 1 is 1.36 bits per heavy atom. The molecule has 1 saturated carbocycles. The van der Waals surface area contributed by atoms with Gasteiger partial charge < -0.3 is 15.0 Å². The highest BCUT2D eigenvalue weighted by Crippen LogP contribution is 2.43. The highest BCUT2D eigenvalue weighted by molar-refractivity contribution is 6.29.